The minimum Gasteiger partial charge on any atom is -0.453 e. The third kappa shape index (κ3) is 8.09. The Bertz CT molecular complexity index is 498. The number of carbonyl (C=O) groups excluding carboxylic acids is 1. The van der Waals surface area contributed by atoms with E-state index in [0.29, 0.717) is 12.2 Å². The summed E-state index contributed by atoms with van der Waals surface area (Å²) >= 11 is 0. The summed E-state index contributed by atoms with van der Waals surface area (Å²) < 4.78 is 4.55. The number of benzene rings is 1. The van der Waals surface area contributed by atoms with Crippen LogP contribution in [0.15, 0.2) is 29.3 Å². The van der Waals surface area contributed by atoms with Crippen LogP contribution in [0.5, 0.6) is 0 Å². The first-order valence-electron chi connectivity index (χ1n) is 7.93. The molecule has 1 amide bonds. The maximum Gasteiger partial charge on any atom is 0.411 e. The van der Waals surface area contributed by atoms with Crippen LogP contribution in [0.2, 0.25) is 0 Å². The van der Waals surface area contributed by atoms with Crippen LogP contribution in [0.25, 0.3) is 0 Å². The smallest absolute Gasteiger partial charge is 0.411 e. The van der Waals surface area contributed by atoms with Gasteiger partial charge < -0.3 is 15.4 Å². The quantitative estimate of drug-likeness (QED) is 0.410. The van der Waals surface area contributed by atoms with Gasteiger partial charge in [0.2, 0.25) is 0 Å². The van der Waals surface area contributed by atoms with Crippen molar-refractivity contribution in [3.05, 3.63) is 29.8 Å². The van der Waals surface area contributed by atoms with Crippen molar-refractivity contribution in [1.29, 1.82) is 0 Å². The summed E-state index contributed by atoms with van der Waals surface area (Å²) in [7, 11) is 3.11. The first-order valence-corrected chi connectivity index (χ1v) is 7.93. The fourth-order valence-corrected chi connectivity index (χ4v) is 2.00. The molecule has 0 heterocycles. The number of aliphatic imine (C=N–C) groups is 1. The zero-order valence-corrected chi connectivity index (χ0v) is 14.5. The Balaban J connectivity index is 2.36. The number of methoxy groups -OCH3 is 1. The molecule has 0 spiro atoms. The van der Waals surface area contributed by atoms with Crippen molar-refractivity contribution in [3.63, 3.8) is 0 Å². The van der Waals surface area contributed by atoms with E-state index in [-0.39, 0.29) is 0 Å². The topological polar surface area (TPSA) is 74.8 Å². The number of hydrogen-bond acceptors (Lipinski definition) is 3. The van der Waals surface area contributed by atoms with Crippen molar-refractivity contribution in [2.24, 2.45) is 10.9 Å². The van der Waals surface area contributed by atoms with Gasteiger partial charge in [-0.15, -0.1) is 0 Å². The Kier molecular flexibility index (Phi) is 8.57. The second-order valence-corrected chi connectivity index (χ2v) is 5.70. The number of ether oxygens (including phenoxy) is 1. The van der Waals surface area contributed by atoms with Gasteiger partial charge in [-0.25, -0.2) is 4.79 Å². The monoisotopic (exact) mass is 320 g/mol. The Morgan fingerprint density at radius 1 is 1.22 bits per heavy atom. The standard InChI is InChI=1S/C17H28N4O2/c1-13(2)6-5-11-19-16(18-3)20-12-14-7-9-15(10-8-14)21-17(22)23-4/h7-10,13H,5-6,11-12H2,1-4H3,(H,21,22)(H2,18,19,20). The van der Waals surface area contributed by atoms with Gasteiger partial charge in [0.15, 0.2) is 5.96 Å². The molecule has 1 aromatic carbocycles. The van der Waals surface area contributed by atoms with Crippen LogP contribution in [-0.2, 0) is 11.3 Å². The Morgan fingerprint density at radius 2 is 1.91 bits per heavy atom. The molecule has 0 atom stereocenters. The predicted molar refractivity (Wildman–Crippen MR) is 94.7 cm³/mol. The maximum atomic E-state index is 11.1. The van der Waals surface area contributed by atoms with Crippen LogP contribution in [-0.4, -0.2) is 32.8 Å². The number of nitrogens with one attached hydrogen (secondary N) is 3. The van der Waals surface area contributed by atoms with Crippen LogP contribution in [0.1, 0.15) is 32.3 Å². The lowest BCUT2D eigenvalue weighted by atomic mass is 10.1. The average molecular weight is 320 g/mol. The molecule has 1 rings (SSSR count). The Hall–Kier alpha value is -2.24. The summed E-state index contributed by atoms with van der Waals surface area (Å²) in [6, 6.07) is 7.58. The molecule has 0 radical (unpaired) electrons. The molecule has 0 aliphatic heterocycles. The number of amides is 1. The summed E-state index contributed by atoms with van der Waals surface area (Å²) in [5, 5.41) is 9.20. The molecular formula is C17H28N4O2. The fourth-order valence-electron chi connectivity index (χ4n) is 2.00. The molecule has 0 aliphatic carbocycles. The molecule has 0 aromatic heterocycles. The van der Waals surface area contributed by atoms with Gasteiger partial charge in [0, 0.05) is 25.8 Å². The van der Waals surface area contributed by atoms with Crippen molar-refractivity contribution >= 4 is 17.7 Å². The van der Waals surface area contributed by atoms with Gasteiger partial charge in [-0.2, -0.15) is 0 Å². The summed E-state index contributed by atoms with van der Waals surface area (Å²) in [5.41, 5.74) is 1.81. The molecule has 0 bridgehead atoms. The minimum atomic E-state index is -0.470. The lowest BCUT2D eigenvalue weighted by Gasteiger charge is -2.13. The van der Waals surface area contributed by atoms with Gasteiger partial charge in [-0.05, 0) is 36.5 Å². The Labute approximate surface area is 138 Å². The van der Waals surface area contributed by atoms with Gasteiger partial charge in [-0.1, -0.05) is 26.0 Å². The number of rotatable bonds is 7. The molecule has 23 heavy (non-hydrogen) atoms. The van der Waals surface area contributed by atoms with Crippen LogP contribution in [0.4, 0.5) is 10.5 Å². The molecular weight excluding hydrogens is 292 g/mol. The number of anilines is 1. The third-order valence-electron chi connectivity index (χ3n) is 3.32. The SMILES string of the molecule is CN=C(NCCCC(C)C)NCc1ccc(NC(=O)OC)cc1. The van der Waals surface area contributed by atoms with E-state index < -0.39 is 6.09 Å². The molecule has 3 N–H and O–H groups in total. The van der Waals surface area contributed by atoms with Crippen molar-refractivity contribution in [2.45, 2.75) is 33.2 Å². The second kappa shape index (κ2) is 10.5. The maximum absolute atomic E-state index is 11.1. The molecule has 1 aromatic rings. The van der Waals surface area contributed by atoms with Crippen LogP contribution >= 0.6 is 0 Å². The highest BCUT2D eigenvalue weighted by Gasteiger charge is 2.02. The van der Waals surface area contributed by atoms with Crippen LogP contribution in [0, 0.1) is 5.92 Å². The molecule has 0 aliphatic rings. The van der Waals surface area contributed by atoms with E-state index in [1.807, 2.05) is 24.3 Å². The van der Waals surface area contributed by atoms with Crippen molar-refractivity contribution in [2.75, 3.05) is 26.0 Å². The first-order chi connectivity index (χ1) is 11.0. The number of hydrogen-bond donors (Lipinski definition) is 3. The van der Waals surface area contributed by atoms with Gasteiger partial charge in [-0.3, -0.25) is 10.3 Å². The summed E-state index contributed by atoms with van der Waals surface area (Å²) in [4.78, 5) is 15.3. The zero-order valence-electron chi connectivity index (χ0n) is 14.5. The second-order valence-electron chi connectivity index (χ2n) is 5.70. The lowest BCUT2D eigenvalue weighted by molar-refractivity contribution is 0.187. The zero-order chi connectivity index (χ0) is 17.1. The molecule has 0 saturated heterocycles. The van der Waals surface area contributed by atoms with E-state index in [4.69, 9.17) is 0 Å². The highest BCUT2D eigenvalue weighted by atomic mass is 16.5. The third-order valence-corrected chi connectivity index (χ3v) is 3.32. The van der Waals surface area contributed by atoms with E-state index in [1.54, 1.807) is 7.05 Å². The van der Waals surface area contributed by atoms with Crippen molar-refractivity contribution in [3.8, 4) is 0 Å². The number of guanidine groups is 1. The van der Waals surface area contributed by atoms with E-state index in [1.165, 1.54) is 13.5 Å². The molecule has 6 heteroatoms. The van der Waals surface area contributed by atoms with E-state index in [2.05, 4.69) is 39.5 Å². The van der Waals surface area contributed by atoms with E-state index >= 15 is 0 Å². The van der Waals surface area contributed by atoms with Crippen LogP contribution in [0.3, 0.4) is 0 Å². The lowest BCUT2D eigenvalue weighted by Crippen LogP contribution is -2.37. The molecule has 128 valence electrons. The largest absolute Gasteiger partial charge is 0.453 e. The normalized spacial score (nSPS) is 11.3. The molecule has 0 fully saturated rings. The molecule has 0 saturated carbocycles. The average Bonchev–Trinajstić information content (AvgIpc) is 2.55. The van der Waals surface area contributed by atoms with Crippen molar-refractivity contribution < 1.29 is 9.53 Å². The van der Waals surface area contributed by atoms with Gasteiger partial charge in [0.05, 0.1) is 7.11 Å². The van der Waals surface area contributed by atoms with Crippen LogP contribution < -0.4 is 16.0 Å². The van der Waals surface area contributed by atoms with Gasteiger partial charge >= 0.3 is 6.09 Å². The summed E-state index contributed by atoms with van der Waals surface area (Å²) in [5.74, 6) is 1.52. The van der Waals surface area contributed by atoms with Gasteiger partial charge in [0.1, 0.15) is 0 Å². The predicted octanol–water partition coefficient (Wildman–Crippen LogP) is 2.97. The first kappa shape index (κ1) is 18.8. The minimum absolute atomic E-state index is 0.470. The van der Waals surface area contributed by atoms with E-state index in [0.717, 1.165) is 30.4 Å². The molecule has 0 unspecified atom stereocenters. The summed E-state index contributed by atoms with van der Waals surface area (Å²) in [6.07, 6.45) is 1.87. The van der Waals surface area contributed by atoms with E-state index in [9.17, 15) is 4.79 Å². The summed E-state index contributed by atoms with van der Waals surface area (Å²) in [6.45, 7) is 6.04. The molecule has 6 nitrogen and oxygen atoms in total. The Morgan fingerprint density at radius 3 is 2.48 bits per heavy atom. The van der Waals surface area contributed by atoms with Crippen molar-refractivity contribution in [1.82, 2.24) is 10.6 Å². The highest BCUT2D eigenvalue weighted by molar-refractivity contribution is 5.84. The highest BCUT2D eigenvalue weighted by Crippen LogP contribution is 2.09. The fraction of sp³-hybridized carbons (Fsp3) is 0.529. The van der Waals surface area contributed by atoms with Gasteiger partial charge in [0.25, 0.3) is 0 Å². The number of nitrogens with zero attached hydrogens (tertiary/aromatic N) is 1. The number of carbonyl (C=O) groups is 1.